The fourth-order valence-corrected chi connectivity index (χ4v) is 5.81. The van der Waals surface area contributed by atoms with Crippen LogP contribution >= 0.6 is 11.6 Å². The van der Waals surface area contributed by atoms with Crippen molar-refractivity contribution in [2.75, 3.05) is 11.9 Å². The number of hydrogen-bond donors (Lipinski definition) is 1. The second kappa shape index (κ2) is 7.14. The topological polar surface area (TPSA) is 88.8 Å². The third-order valence-electron chi connectivity index (χ3n) is 7.20. The number of nitrogens with zero attached hydrogens (tertiary/aromatic N) is 6. The van der Waals surface area contributed by atoms with Crippen molar-refractivity contribution in [2.45, 2.75) is 38.0 Å². The molecule has 4 atom stereocenters. The summed E-state index contributed by atoms with van der Waals surface area (Å²) in [6.07, 6.45) is 2.78. The third-order valence-corrected chi connectivity index (χ3v) is 7.48. The molecule has 0 bridgehead atoms. The summed E-state index contributed by atoms with van der Waals surface area (Å²) < 4.78 is 38.9. The van der Waals surface area contributed by atoms with Gasteiger partial charge in [0.1, 0.15) is 5.82 Å². The molecule has 8 nitrogen and oxygen atoms in total. The van der Waals surface area contributed by atoms with E-state index < -0.39 is 11.7 Å². The molecular weight excluding hydrogens is 471 g/mol. The Balaban J connectivity index is 1.28. The van der Waals surface area contributed by atoms with E-state index >= 15 is 0 Å². The molecule has 6 rings (SSSR count). The zero-order valence-electron chi connectivity index (χ0n) is 17.9. The number of aromatic nitrogens is 5. The number of halogens is 4. The molecule has 3 aliphatic rings. The van der Waals surface area contributed by atoms with Crippen molar-refractivity contribution < 1.29 is 18.0 Å². The summed E-state index contributed by atoms with van der Waals surface area (Å²) in [6.45, 7) is 2.48. The van der Waals surface area contributed by atoms with Crippen LogP contribution in [-0.2, 0) is 6.18 Å². The Hall–Kier alpha value is -3.21. The molecule has 3 aromatic rings. The fourth-order valence-electron chi connectivity index (χ4n) is 5.59. The Kier molecular flexibility index (Phi) is 4.48. The average molecular weight is 490 g/mol. The summed E-state index contributed by atoms with van der Waals surface area (Å²) in [4.78, 5) is 25.2. The lowest BCUT2D eigenvalue weighted by Gasteiger charge is -2.48. The number of alkyl halides is 3. The van der Waals surface area contributed by atoms with Crippen molar-refractivity contribution in [1.29, 1.82) is 0 Å². The zero-order valence-corrected chi connectivity index (χ0v) is 18.7. The molecule has 4 heterocycles. The standard InChI is InChI=1S/C22H19ClF3N7O/c1-11-4-14(19(28-8-11)33-29-2-3-30-33)20(34)32-10-13-6-21(13)7-16(17(21)32)31-18-15(23)5-12(9-27-18)22(24,25)26/h2-5,8-9,13,16-17H,6-7,10H2,1H3,(H,27,31). The Labute approximate surface area is 197 Å². The van der Waals surface area contributed by atoms with E-state index in [0.717, 1.165) is 30.7 Å². The van der Waals surface area contributed by atoms with Crippen LogP contribution < -0.4 is 5.32 Å². The largest absolute Gasteiger partial charge is 0.417 e. The van der Waals surface area contributed by atoms with Crippen molar-refractivity contribution in [3.8, 4) is 5.82 Å². The molecular formula is C22H19ClF3N7O. The minimum Gasteiger partial charge on any atom is -0.364 e. The van der Waals surface area contributed by atoms with Crippen LogP contribution in [0.2, 0.25) is 5.02 Å². The van der Waals surface area contributed by atoms with Crippen molar-refractivity contribution in [2.24, 2.45) is 11.3 Å². The summed E-state index contributed by atoms with van der Waals surface area (Å²) in [7, 11) is 0. The van der Waals surface area contributed by atoms with Gasteiger partial charge in [-0.1, -0.05) is 11.6 Å². The summed E-state index contributed by atoms with van der Waals surface area (Å²) in [6, 6.07) is 2.37. The predicted molar refractivity (Wildman–Crippen MR) is 116 cm³/mol. The van der Waals surface area contributed by atoms with Crippen molar-refractivity contribution >= 4 is 23.3 Å². The molecule has 0 aromatic carbocycles. The quantitative estimate of drug-likeness (QED) is 0.600. The zero-order chi connectivity index (χ0) is 23.8. The maximum Gasteiger partial charge on any atom is 0.417 e. The van der Waals surface area contributed by atoms with Crippen LogP contribution in [0.5, 0.6) is 0 Å². The molecule has 1 saturated heterocycles. The molecule has 0 radical (unpaired) electrons. The van der Waals surface area contributed by atoms with Gasteiger partial charge in [-0.05, 0) is 48.8 Å². The summed E-state index contributed by atoms with van der Waals surface area (Å²) in [5.74, 6) is 0.786. The van der Waals surface area contributed by atoms with E-state index in [2.05, 4.69) is 25.5 Å². The van der Waals surface area contributed by atoms with Crippen LogP contribution in [0.4, 0.5) is 19.0 Å². The van der Waals surface area contributed by atoms with E-state index in [0.29, 0.717) is 23.8 Å². The molecule has 1 spiro atoms. The highest BCUT2D eigenvalue weighted by molar-refractivity contribution is 6.33. The Bertz CT molecular complexity index is 1300. The SMILES string of the molecule is Cc1cnc(-n2nccn2)c(C(=O)N2CC3CC34CC(Nc3ncc(C(F)(F)F)cc3Cl)C24)c1. The number of nitrogens with one attached hydrogen (secondary N) is 1. The van der Waals surface area contributed by atoms with E-state index in [1.165, 1.54) is 17.2 Å². The first kappa shape index (κ1) is 21.3. The van der Waals surface area contributed by atoms with Crippen molar-refractivity contribution in [3.63, 3.8) is 0 Å². The van der Waals surface area contributed by atoms with Gasteiger partial charge in [-0.15, -0.1) is 4.80 Å². The van der Waals surface area contributed by atoms with Crippen LogP contribution in [0.15, 0.2) is 36.9 Å². The van der Waals surface area contributed by atoms with Gasteiger partial charge in [0.15, 0.2) is 5.82 Å². The highest BCUT2D eigenvalue weighted by Gasteiger charge is 2.75. The van der Waals surface area contributed by atoms with Crippen LogP contribution in [0, 0.1) is 18.3 Å². The minimum atomic E-state index is -4.52. The van der Waals surface area contributed by atoms with E-state index in [-0.39, 0.29) is 34.2 Å². The number of aryl methyl sites for hydroxylation is 1. The van der Waals surface area contributed by atoms with Gasteiger partial charge in [0.25, 0.3) is 5.91 Å². The number of pyridine rings is 2. The van der Waals surface area contributed by atoms with Crippen LogP contribution in [0.25, 0.3) is 5.82 Å². The molecule has 3 aromatic heterocycles. The van der Waals surface area contributed by atoms with E-state index in [9.17, 15) is 18.0 Å². The number of rotatable bonds is 4. The van der Waals surface area contributed by atoms with Crippen LogP contribution in [0.3, 0.4) is 0 Å². The maximum absolute atomic E-state index is 13.7. The van der Waals surface area contributed by atoms with E-state index in [4.69, 9.17) is 11.6 Å². The maximum atomic E-state index is 13.7. The number of piperidine rings is 1. The molecule has 3 fully saturated rings. The lowest BCUT2D eigenvalue weighted by Crippen LogP contribution is -2.60. The smallest absolute Gasteiger partial charge is 0.364 e. The van der Waals surface area contributed by atoms with Crippen molar-refractivity contribution in [3.05, 3.63) is 58.6 Å². The second-order valence-corrected chi connectivity index (χ2v) is 9.65. The highest BCUT2D eigenvalue weighted by atomic mass is 35.5. The van der Waals surface area contributed by atoms with E-state index in [1.54, 1.807) is 12.3 Å². The van der Waals surface area contributed by atoms with Crippen LogP contribution in [0.1, 0.15) is 34.3 Å². The predicted octanol–water partition coefficient (Wildman–Crippen LogP) is 3.75. The van der Waals surface area contributed by atoms with Gasteiger partial charge >= 0.3 is 6.18 Å². The first-order chi connectivity index (χ1) is 16.2. The number of amides is 1. The van der Waals surface area contributed by atoms with Crippen LogP contribution in [-0.4, -0.2) is 54.4 Å². The molecule has 2 aliphatic carbocycles. The number of likely N-dealkylation sites (tertiary alicyclic amines) is 1. The van der Waals surface area contributed by atoms with Gasteiger partial charge in [-0.2, -0.15) is 23.4 Å². The third kappa shape index (κ3) is 3.17. The molecule has 1 amide bonds. The molecule has 176 valence electrons. The fraction of sp³-hybridized carbons (Fsp3) is 0.409. The summed E-state index contributed by atoms with van der Waals surface area (Å²) in [5.41, 5.74) is 0.388. The van der Waals surface area contributed by atoms with Gasteiger partial charge in [0.2, 0.25) is 0 Å². The van der Waals surface area contributed by atoms with Gasteiger partial charge in [-0.25, -0.2) is 9.97 Å². The normalized spacial score (nSPS) is 27.1. The number of carbonyl (C=O) groups is 1. The first-order valence-electron chi connectivity index (χ1n) is 10.8. The Morgan fingerprint density at radius 1 is 1.18 bits per heavy atom. The Morgan fingerprint density at radius 2 is 1.94 bits per heavy atom. The molecule has 34 heavy (non-hydrogen) atoms. The second-order valence-electron chi connectivity index (χ2n) is 9.25. The molecule has 1 aliphatic heterocycles. The average Bonchev–Trinajstić information content (AvgIpc) is 3.14. The highest BCUT2D eigenvalue weighted by Crippen LogP contribution is 2.71. The van der Waals surface area contributed by atoms with E-state index in [1.807, 2.05) is 11.8 Å². The molecule has 1 N–H and O–H groups in total. The lowest BCUT2D eigenvalue weighted by atomic mass is 9.71. The molecule has 2 saturated carbocycles. The summed E-state index contributed by atoms with van der Waals surface area (Å²) in [5, 5.41) is 11.3. The Morgan fingerprint density at radius 3 is 2.65 bits per heavy atom. The summed E-state index contributed by atoms with van der Waals surface area (Å²) >= 11 is 6.11. The van der Waals surface area contributed by atoms with Crippen molar-refractivity contribution in [1.82, 2.24) is 29.9 Å². The van der Waals surface area contributed by atoms with Gasteiger partial charge in [0.05, 0.1) is 34.6 Å². The monoisotopic (exact) mass is 489 g/mol. The molecule has 12 heteroatoms. The lowest BCUT2D eigenvalue weighted by molar-refractivity contribution is -0.137. The number of carbonyl (C=O) groups excluding carboxylic acids is 1. The number of hydrogen-bond acceptors (Lipinski definition) is 6. The van der Waals surface area contributed by atoms with Gasteiger partial charge < -0.3 is 10.2 Å². The van der Waals surface area contributed by atoms with Gasteiger partial charge in [0, 0.05) is 25.0 Å². The minimum absolute atomic E-state index is 0.0487. The first-order valence-corrected chi connectivity index (χ1v) is 11.2. The molecule has 4 unspecified atom stereocenters. The number of anilines is 1. The van der Waals surface area contributed by atoms with Gasteiger partial charge in [-0.3, -0.25) is 4.79 Å².